The molecule has 0 saturated heterocycles. The smallest absolute Gasteiger partial charge is 0.254 e. The monoisotopic (exact) mass is 376 g/mol. The molecule has 0 aliphatic carbocycles. The van der Waals surface area contributed by atoms with Crippen molar-refractivity contribution in [3.8, 4) is 11.3 Å². The number of aryl methyl sites for hydroxylation is 2. The zero-order chi connectivity index (χ0) is 20.4. The Balaban J connectivity index is 2.12. The van der Waals surface area contributed by atoms with Crippen LogP contribution in [-0.2, 0) is 6.42 Å². The third-order valence-electron chi connectivity index (χ3n) is 4.93. The van der Waals surface area contributed by atoms with E-state index in [0.717, 1.165) is 52.0 Å². The van der Waals surface area contributed by atoms with Crippen LogP contribution in [0.25, 0.3) is 22.2 Å². The van der Waals surface area contributed by atoms with Crippen LogP contribution in [0.4, 0.5) is 0 Å². The van der Waals surface area contributed by atoms with Crippen LogP contribution >= 0.6 is 0 Å². The molecule has 2 heterocycles. The number of carbonyl (C=O) groups excluding carboxylic acids is 1. The Kier molecular flexibility index (Phi) is 5.73. The van der Waals surface area contributed by atoms with Crippen molar-refractivity contribution >= 4 is 16.8 Å². The van der Waals surface area contributed by atoms with E-state index in [1.165, 1.54) is 0 Å². The molecule has 146 valence electrons. The maximum absolute atomic E-state index is 12.9. The molecule has 1 amide bonds. The van der Waals surface area contributed by atoms with Crippen molar-refractivity contribution in [2.75, 3.05) is 14.1 Å². The Bertz CT molecular complexity index is 1010. The molecule has 28 heavy (non-hydrogen) atoms. The van der Waals surface area contributed by atoms with Gasteiger partial charge in [0.2, 0.25) is 0 Å². The molecular weight excluding hydrogens is 348 g/mol. The van der Waals surface area contributed by atoms with Crippen LogP contribution in [0.2, 0.25) is 0 Å². The van der Waals surface area contributed by atoms with Gasteiger partial charge in [-0.15, -0.1) is 0 Å². The summed E-state index contributed by atoms with van der Waals surface area (Å²) in [7, 11) is 3.55. The molecule has 0 bridgehead atoms. The van der Waals surface area contributed by atoms with Gasteiger partial charge in [-0.25, -0.2) is 15.0 Å². The first-order valence-corrected chi connectivity index (χ1v) is 9.71. The topological polar surface area (TPSA) is 59.0 Å². The third kappa shape index (κ3) is 4.03. The largest absolute Gasteiger partial charge is 0.345 e. The Morgan fingerprint density at radius 2 is 1.79 bits per heavy atom. The van der Waals surface area contributed by atoms with Gasteiger partial charge in [-0.3, -0.25) is 4.79 Å². The van der Waals surface area contributed by atoms with Gasteiger partial charge in [-0.2, -0.15) is 0 Å². The fourth-order valence-corrected chi connectivity index (χ4v) is 3.28. The standard InChI is InChI=1S/C23H28N4O/c1-14(2)7-10-20-24-12-17(13-25-20)22-16(4)21(23(28)27(5)6)18-11-15(3)8-9-19(18)26-22/h8-9,11-14H,7,10H2,1-6H3. The SMILES string of the molecule is Cc1ccc2nc(-c3cnc(CCC(C)C)nc3)c(C)c(C(=O)N(C)C)c2c1. The maximum Gasteiger partial charge on any atom is 0.254 e. The van der Waals surface area contributed by atoms with E-state index in [1.54, 1.807) is 19.0 Å². The van der Waals surface area contributed by atoms with Crippen molar-refractivity contribution in [2.45, 2.75) is 40.5 Å². The number of hydrogen-bond donors (Lipinski definition) is 0. The van der Waals surface area contributed by atoms with E-state index in [1.807, 2.05) is 44.4 Å². The number of carbonyl (C=O) groups is 1. The van der Waals surface area contributed by atoms with Gasteiger partial charge < -0.3 is 4.90 Å². The van der Waals surface area contributed by atoms with E-state index < -0.39 is 0 Å². The van der Waals surface area contributed by atoms with Gasteiger partial charge in [-0.05, 0) is 43.9 Å². The molecule has 0 saturated carbocycles. The normalized spacial score (nSPS) is 11.2. The number of fused-ring (bicyclic) bond motifs is 1. The Labute approximate surface area is 166 Å². The predicted molar refractivity (Wildman–Crippen MR) is 113 cm³/mol. The summed E-state index contributed by atoms with van der Waals surface area (Å²) in [5.41, 5.74) is 5.05. The van der Waals surface area contributed by atoms with E-state index in [9.17, 15) is 4.79 Å². The minimum atomic E-state index is -0.0220. The van der Waals surface area contributed by atoms with Crippen molar-refractivity contribution in [2.24, 2.45) is 5.92 Å². The Hall–Kier alpha value is -2.82. The third-order valence-corrected chi connectivity index (χ3v) is 4.93. The summed E-state index contributed by atoms with van der Waals surface area (Å²) in [6, 6.07) is 6.02. The van der Waals surface area contributed by atoms with Gasteiger partial charge in [-0.1, -0.05) is 25.5 Å². The molecule has 0 N–H and O–H groups in total. The zero-order valence-electron chi connectivity index (χ0n) is 17.6. The summed E-state index contributed by atoms with van der Waals surface area (Å²) in [4.78, 5) is 28.4. The summed E-state index contributed by atoms with van der Waals surface area (Å²) in [6.07, 6.45) is 5.57. The molecule has 0 fully saturated rings. The van der Waals surface area contributed by atoms with Crippen LogP contribution < -0.4 is 0 Å². The molecule has 0 aliphatic rings. The lowest BCUT2D eigenvalue weighted by Crippen LogP contribution is -2.23. The number of rotatable bonds is 5. The van der Waals surface area contributed by atoms with Gasteiger partial charge in [0.1, 0.15) is 5.82 Å². The molecule has 5 nitrogen and oxygen atoms in total. The van der Waals surface area contributed by atoms with Gasteiger partial charge in [0, 0.05) is 43.9 Å². The summed E-state index contributed by atoms with van der Waals surface area (Å²) in [6.45, 7) is 8.37. The second kappa shape index (κ2) is 8.05. The average molecular weight is 377 g/mol. The molecule has 3 rings (SSSR count). The summed E-state index contributed by atoms with van der Waals surface area (Å²) < 4.78 is 0. The van der Waals surface area contributed by atoms with E-state index in [-0.39, 0.29) is 5.91 Å². The highest BCUT2D eigenvalue weighted by Gasteiger charge is 2.20. The average Bonchev–Trinajstić information content (AvgIpc) is 2.66. The second-order valence-electron chi connectivity index (χ2n) is 8.00. The first-order valence-electron chi connectivity index (χ1n) is 9.71. The summed E-state index contributed by atoms with van der Waals surface area (Å²) >= 11 is 0. The Morgan fingerprint density at radius 1 is 1.11 bits per heavy atom. The molecule has 5 heteroatoms. The lowest BCUT2D eigenvalue weighted by atomic mass is 9.97. The van der Waals surface area contributed by atoms with Gasteiger partial charge >= 0.3 is 0 Å². The van der Waals surface area contributed by atoms with Gasteiger partial charge in [0.25, 0.3) is 5.91 Å². The minimum absolute atomic E-state index is 0.0220. The molecule has 0 spiro atoms. The highest BCUT2D eigenvalue weighted by Crippen LogP contribution is 2.30. The zero-order valence-corrected chi connectivity index (χ0v) is 17.6. The number of nitrogens with zero attached hydrogens (tertiary/aromatic N) is 4. The molecule has 0 atom stereocenters. The van der Waals surface area contributed by atoms with E-state index in [4.69, 9.17) is 4.98 Å². The number of hydrogen-bond acceptors (Lipinski definition) is 4. The first-order chi connectivity index (χ1) is 13.3. The van der Waals surface area contributed by atoms with Crippen LogP contribution in [0.15, 0.2) is 30.6 Å². The van der Waals surface area contributed by atoms with E-state index in [0.29, 0.717) is 11.5 Å². The van der Waals surface area contributed by atoms with Gasteiger partial charge in [0.05, 0.1) is 16.8 Å². The van der Waals surface area contributed by atoms with Crippen molar-refractivity contribution in [3.05, 3.63) is 53.1 Å². The summed E-state index contributed by atoms with van der Waals surface area (Å²) in [5.74, 6) is 1.44. The van der Waals surface area contributed by atoms with Crippen LogP contribution in [-0.4, -0.2) is 39.9 Å². The lowest BCUT2D eigenvalue weighted by Gasteiger charge is -2.17. The van der Waals surface area contributed by atoms with Crippen LogP contribution in [0.3, 0.4) is 0 Å². The molecule has 2 aromatic heterocycles. The lowest BCUT2D eigenvalue weighted by molar-refractivity contribution is 0.0829. The van der Waals surface area contributed by atoms with Crippen LogP contribution in [0, 0.1) is 19.8 Å². The number of aromatic nitrogens is 3. The molecular formula is C23H28N4O. The number of amides is 1. The predicted octanol–water partition coefficient (Wildman–Crippen LogP) is 4.60. The van der Waals surface area contributed by atoms with Crippen molar-refractivity contribution in [3.63, 3.8) is 0 Å². The van der Waals surface area contributed by atoms with Crippen molar-refractivity contribution in [1.29, 1.82) is 0 Å². The second-order valence-corrected chi connectivity index (χ2v) is 8.00. The first kappa shape index (κ1) is 19.9. The molecule has 3 aromatic rings. The minimum Gasteiger partial charge on any atom is -0.345 e. The van der Waals surface area contributed by atoms with Crippen LogP contribution in [0.5, 0.6) is 0 Å². The quantitative estimate of drug-likeness (QED) is 0.653. The van der Waals surface area contributed by atoms with E-state index >= 15 is 0 Å². The molecule has 0 radical (unpaired) electrons. The maximum atomic E-state index is 12.9. The van der Waals surface area contributed by atoms with Gasteiger partial charge in [0.15, 0.2) is 0 Å². The highest BCUT2D eigenvalue weighted by atomic mass is 16.2. The van der Waals surface area contributed by atoms with Crippen LogP contribution in [0.1, 0.15) is 47.6 Å². The number of benzene rings is 1. The number of pyridine rings is 1. The molecule has 1 aromatic carbocycles. The fourth-order valence-electron chi connectivity index (χ4n) is 3.28. The molecule has 0 unspecified atom stereocenters. The highest BCUT2D eigenvalue weighted by molar-refractivity contribution is 6.08. The van der Waals surface area contributed by atoms with Crippen molar-refractivity contribution < 1.29 is 4.79 Å². The van der Waals surface area contributed by atoms with Crippen molar-refractivity contribution in [1.82, 2.24) is 19.9 Å². The van der Waals surface area contributed by atoms with E-state index in [2.05, 4.69) is 23.8 Å². The Morgan fingerprint density at radius 3 is 2.39 bits per heavy atom. The summed E-state index contributed by atoms with van der Waals surface area (Å²) in [5, 5.41) is 0.884. The fraction of sp³-hybridized carbons (Fsp3) is 0.391. The molecule has 0 aliphatic heterocycles.